The molecule has 0 aliphatic heterocycles. The second-order valence-corrected chi connectivity index (χ2v) is 4.68. The number of phenols is 1. The molecule has 116 valence electrons. The van der Waals surface area contributed by atoms with E-state index in [-0.39, 0.29) is 11.3 Å². The van der Waals surface area contributed by atoms with Crippen molar-refractivity contribution in [2.75, 3.05) is 11.9 Å². The van der Waals surface area contributed by atoms with Crippen molar-refractivity contribution in [2.24, 2.45) is 0 Å². The lowest BCUT2D eigenvalue weighted by Crippen LogP contribution is -2.13. The van der Waals surface area contributed by atoms with Crippen molar-refractivity contribution in [1.82, 2.24) is 0 Å². The van der Waals surface area contributed by atoms with Crippen molar-refractivity contribution in [3.05, 3.63) is 59.7 Å². The van der Waals surface area contributed by atoms with Crippen molar-refractivity contribution in [2.45, 2.75) is 6.92 Å². The molecule has 5 heteroatoms. The lowest BCUT2D eigenvalue weighted by atomic mass is 10.1. The Morgan fingerprint density at radius 1 is 1.30 bits per heavy atom. The fourth-order valence-electron chi connectivity index (χ4n) is 1.96. The van der Waals surface area contributed by atoms with Crippen LogP contribution in [0.3, 0.4) is 0 Å². The summed E-state index contributed by atoms with van der Waals surface area (Å²) >= 11 is 0. The summed E-state index contributed by atoms with van der Waals surface area (Å²) in [7, 11) is 0. The number of amides is 1. The first-order valence-electron chi connectivity index (χ1n) is 7.07. The van der Waals surface area contributed by atoms with Crippen LogP contribution in [0.25, 0.3) is 6.08 Å². The van der Waals surface area contributed by atoms with E-state index in [0.717, 1.165) is 0 Å². The van der Waals surface area contributed by atoms with Gasteiger partial charge in [0, 0.05) is 11.8 Å². The molecule has 0 saturated carbocycles. The van der Waals surface area contributed by atoms with Crippen LogP contribution in [-0.4, -0.2) is 17.6 Å². The maximum absolute atomic E-state index is 12.2. The Hall–Kier alpha value is -3.26. The Morgan fingerprint density at radius 3 is 2.78 bits per heavy atom. The van der Waals surface area contributed by atoms with E-state index in [1.165, 1.54) is 18.2 Å². The van der Waals surface area contributed by atoms with Gasteiger partial charge in [0.1, 0.15) is 23.1 Å². The molecule has 23 heavy (non-hydrogen) atoms. The summed E-state index contributed by atoms with van der Waals surface area (Å²) in [6.07, 6.45) is 1.42. The molecule has 0 aliphatic carbocycles. The maximum atomic E-state index is 12.2. The molecule has 0 fully saturated rings. The molecule has 0 bridgehead atoms. The Labute approximate surface area is 134 Å². The lowest BCUT2D eigenvalue weighted by molar-refractivity contribution is -0.112. The van der Waals surface area contributed by atoms with Crippen LogP contribution in [0.5, 0.6) is 11.5 Å². The monoisotopic (exact) mass is 308 g/mol. The second-order valence-electron chi connectivity index (χ2n) is 4.68. The van der Waals surface area contributed by atoms with Crippen LogP contribution in [0.15, 0.2) is 54.1 Å². The topological polar surface area (TPSA) is 82.3 Å². The number of nitriles is 1. The number of rotatable bonds is 5. The number of hydrogen-bond donors (Lipinski definition) is 2. The molecule has 2 rings (SSSR count). The fourth-order valence-corrected chi connectivity index (χ4v) is 1.96. The van der Waals surface area contributed by atoms with Crippen molar-refractivity contribution in [3.63, 3.8) is 0 Å². The Balaban J connectivity index is 2.18. The summed E-state index contributed by atoms with van der Waals surface area (Å²) < 4.78 is 5.37. The molecule has 0 aromatic heterocycles. The largest absolute Gasteiger partial charge is 0.508 e. The number of nitrogens with one attached hydrogen (secondary N) is 1. The number of benzene rings is 2. The van der Waals surface area contributed by atoms with Crippen LogP contribution in [0, 0.1) is 11.3 Å². The molecular weight excluding hydrogens is 292 g/mol. The first-order chi connectivity index (χ1) is 11.1. The third-order valence-corrected chi connectivity index (χ3v) is 2.95. The molecule has 0 unspecified atom stereocenters. The van der Waals surface area contributed by atoms with Crippen LogP contribution >= 0.6 is 0 Å². The highest BCUT2D eigenvalue weighted by Gasteiger charge is 2.10. The van der Waals surface area contributed by atoms with E-state index in [0.29, 0.717) is 23.6 Å². The van der Waals surface area contributed by atoms with Gasteiger partial charge in [0.2, 0.25) is 0 Å². The highest BCUT2D eigenvalue weighted by molar-refractivity contribution is 6.09. The Bertz CT molecular complexity index is 776. The van der Waals surface area contributed by atoms with Gasteiger partial charge in [-0.3, -0.25) is 4.79 Å². The predicted octanol–water partition coefficient (Wildman–Crippen LogP) is 3.34. The molecule has 0 heterocycles. The molecular formula is C18H16N2O3. The van der Waals surface area contributed by atoms with E-state index in [4.69, 9.17) is 4.74 Å². The number of anilines is 1. The number of carbonyl (C=O) groups excluding carboxylic acids is 1. The molecule has 5 nitrogen and oxygen atoms in total. The average molecular weight is 308 g/mol. The first-order valence-corrected chi connectivity index (χ1v) is 7.07. The van der Waals surface area contributed by atoms with E-state index >= 15 is 0 Å². The van der Waals surface area contributed by atoms with Crippen LogP contribution in [0.4, 0.5) is 5.69 Å². The van der Waals surface area contributed by atoms with Gasteiger partial charge in [0.05, 0.1) is 6.61 Å². The highest BCUT2D eigenvalue weighted by Crippen LogP contribution is 2.19. The highest BCUT2D eigenvalue weighted by atomic mass is 16.5. The zero-order chi connectivity index (χ0) is 16.7. The van der Waals surface area contributed by atoms with Gasteiger partial charge in [-0.1, -0.05) is 18.2 Å². The van der Waals surface area contributed by atoms with E-state index in [9.17, 15) is 15.2 Å². The van der Waals surface area contributed by atoms with Crippen molar-refractivity contribution in [1.29, 1.82) is 5.26 Å². The minimum absolute atomic E-state index is 0.0580. The molecule has 0 spiro atoms. The number of hydrogen-bond acceptors (Lipinski definition) is 4. The summed E-state index contributed by atoms with van der Waals surface area (Å²) in [4.78, 5) is 12.2. The fraction of sp³-hybridized carbons (Fsp3) is 0.111. The van der Waals surface area contributed by atoms with E-state index in [2.05, 4.69) is 5.32 Å². The Kier molecular flexibility index (Phi) is 5.37. The van der Waals surface area contributed by atoms with Crippen LogP contribution < -0.4 is 10.1 Å². The molecule has 0 aliphatic rings. The van der Waals surface area contributed by atoms with E-state index in [1.807, 2.05) is 13.0 Å². The van der Waals surface area contributed by atoms with Crippen LogP contribution in [-0.2, 0) is 4.79 Å². The summed E-state index contributed by atoms with van der Waals surface area (Å²) in [5.74, 6) is 0.186. The van der Waals surface area contributed by atoms with Gasteiger partial charge >= 0.3 is 0 Å². The number of phenolic OH excluding ortho intramolecular Hbond substituents is 1. The maximum Gasteiger partial charge on any atom is 0.266 e. The number of nitrogens with zero attached hydrogens (tertiary/aromatic N) is 1. The van der Waals surface area contributed by atoms with E-state index < -0.39 is 5.91 Å². The number of carbonyl (C=O) groups is 1. The molecule has 2 aromatic rings. The molecule has 2 aromatic carbocycles. The molecule has 1 amide bonds. The first kappa shape index (κ1) is 16.1. The van der Waals surface area contributed by atoms with Crippen molar-refractivity contribution in [3.8, 4) is 17.6 Å². The van der Waals surface area contributed by atoms with Gasteiger partial charge in [0.25, 0.3) is 5.91 Å². The van der Waals surface area contributed by atoms with Gasteiger partial charge in [-0.05, 0) is 42.8 Å². The van der Waals surface area contributed by atoms with Gasteiger partial charge in [0.15, 0.2) is 0 Å². The Morgan fingerprint density at radius 2 is 2.09 bits per heavy atom. The van der Waals surface area contributed by atoms with Crippen LogP contribution in [0.1, 0.15) is 12.5 Å². The summed E-state index contributed by atoms with van der Waals surface area (Å²) in [6, 6.07) is 15.1. The quantitative estimate of drug-likeness (QED) is 0.655. The van der Waals surface area contributed by atoms with Gasteiger partial charge in [-0.2, -0.15) is 5.26 Å². The molecule has 0 atom stereocenters. The average Bonchev–Trinajstić information content (AvgIpc) is 2.53. The molecule has 0 saturated heterocycles. The summed E-state index contributed by atoms with van der Waals surface area (Å²) in [6.45, 7) is 2.40. The normalized spacial score (nSPS) is 10.7. The van der Waals surface area contributed by atoms with Gasteiger partial charge in [-0.25, -0.2) is 0 Å². The minimum atomic E-state index is -0.524. The minimum Gasteiger partial charge on any atom is -0.508 e. The SMILES string of the molecule is CCOc1cccc(NC(=O)/C(C#N)=C/c2cccc(O)c2)c1. The number of ether oxygens (including phenoxy) is 1. The third-order valence-electron chi connectivity index (χ3n) is 2.95. The van der Waals surface area contributed by atoms with E-state index in [1.54, 1.807) is 36.4 Å². The standard InChI is InChI=1S/C18H16N2O3/c1-2-23-17-8-4-6-15(11-17)20-18(22)14(12-19)9-13-5-3-7-16(21)10-13/h3-11,21H,2H2,1H3,(H,20,22)/b14-9+. The van der Waals surface area contributed by atoms with Crippen molar-refractivity contribution >= 4 is 17.7 Å². The van der Waals surface area contributed by atoms with Gasteiger partial charge < -0.3 is 15.2 Å². The third kappa shape index (κ3) is 4.61. The lowest BCUT2D eigenvalue weighted by Gasteiger charge is -2.07. The zero-order valence-electron chi connectivity index (χ0n) is 12.6. The summed E-state index contributed by atoms with van der Waals surface area (Å²) in [5, 5.41) is 21.3. The summed E-state index contributed by atoms with van der Waals surface area (Å²) in [5.41, 5.74) is 1.05. The smallest absolute Gasteiger partial charge is 0.266 e. The van der Waals surface area contributed by atoms with Crippen LogP contribution in [0.2, 0.25) is 0 Å². The van der Waals surface area contributed by atoms with Gasteiger partial charge in [-0.15, -0.1) is 0 Å². The zero-order valence-corrected chi connectivity index (χ0v) is 12.6. The molecule has 2 N–H and O–H groups in total. The predicted molar refractivity (Wildman–Crippen MR) is 87.9 cm³/mol. The number of aromatic hydroxyl groups is 1. The van der Waals surface area contributed by atoms with Crippen molar-refractivity contribution < 1.29 is 14.6 Å². The molecule has 0 radical (unpaired) electrons. The second kappa shape index (κ2) is 7.66.